The molecule has 0 aliphatic heterocycles. The Kier molecular flexibility index (Phi) is 2.36. The fourth-order valence-corrected chi connectivity index (χ4v) is 0.897. The van der Waals surface area contributed by atoms with Crippen molar-refractivity contribution in [2.45, 2.75) is 0 Å². The summed E-state index contributed by atoms with van der Waals surface area (Å²) in [4.78, 5) is 7.38. The van der Waals surface area contributed by atoms with Gasteiger partial charge in [0.2, 0.25) is 0 Å². The Balaban J connectivity index is 3.21. The van der Waals surface area contributed by atoms with Gasteiger partial charge in [0, 0.05) is 0 Å². The van der Waals surface area contributed by atoms with Crippen LogP contribution in [0.25, 0.3) is 0 Å². The average Bonchev–Trinajstić information content (AvgIpc) is 1.97. The van der Waals surface area contributed by atoms with Crippen LogP contribution in [0, 0.1) is 0 Å². The molecule has 0 fully saturated rings. The number of nitrogens with zero attached hydrogens (tertiary/aromatic N) is 2. The summed E-state index contributed by atoms with van der Waals surface area (Å²) >= 11 is 11.1. The first-order valence-electron chi connectivity index (χ1n) is 2.67. The van der Waals surface area contributed by atoms with Gasteiger partial charge >= 0.3 is 0 Å². The molecule has 0 amide bonds. The standard InChI is InChI=1S/C5H5Cl2N3O/c1-11-5-3(7)9-2(6)4(8)10-5/h1H3,(H2,8,10). The monoisotopic (exact) mass is 193 g/mol. The molecule has 0 aromatic carbocycles. The van der Waals surface area contributed by atoms with Crippen LogP contribution in [0.4, 0.5) is 5.82 Å². The van der Waals surface area contributed by atoms with E-state index in [4.69, 9.17) is 33.7 Å². The van der Waals surface area contributed by atoms with Gasteiger partial charge in [-0.3, -0.25) is 0 Å². The van der Waals surface area contributed by atoms with Crippen LogP contribution in [0.1, 0.15) is 0 Å². The van der Waals surface area contributed by atoms with Crippen LogP contribution in [-0.2, 0) is 0 Å². The largest absolute Gasteiger partial charge is 0.479 e. The predicted octanol–water partition coefficient (Wildman–Crippen LogP) is 1.37. The van der Waals surface area contributed by atoms with Crippen molar-refractivity contribution in [2.24, 2.45) is 0 Å². The molecular formula is C5H5Cl2N3O. The number of ether oxygens (including phenoxy) is 1. The molecule has 2 N–H and O–H groups in total. The zero-order valence-electron chi connectivity index (χ0n) is 5.64. The van der Waals surface area contributed by atoms with Gasteiger partial charge in [-0.15, -0.1) is 0 Å². The zero-order chi connectivity index (χ0) is 8.43. The van der Waals surface area contributed by atoms with Gasteiger partial charge in [-0.1, -0.05) is 23.2 Å². The summed E-state index contributed by atoms with van der Waals surface area (Å²) in [6, 6.07) is 0. The van der Waals surface area contributed by atoms with E-state index in [1.807, 2.05) is 0 Å². The lowest BCUT2D eigenvalue weighted by Gasteiger charge is -2.01. The summed E-state index contributed by atoms with van der Waals surface area (Å²) in [6.45, 7) is 0. The number of rotatable bonds is 1. The van der Waals surface area contributed by atoms with Gasteiger partial charge in [0.1, 0.15) is 0 Å². The van der Waals surface area contributed by atoms with E-state index in [2.05, 4.69) is 9.97 Å². The number of methoxy groups -OCH3 is 1. The molecule has 0 aliphatic carbocycles. The summed E-state index contributed by atoms with van der Waals surface area (Å²) in [5.74, 6) is 0.279. The van der Waals surface area contributed by atoms with Crippen molar-refractivity contribution in [2.75, 3.05) is 12.8 Å². The number of hydrogen-bond acceptors (Lipinski definition) is 4. The van der Waals surface area contributed by atoms with E-state index in [9.17, 15) is 0 Å². The molecule has 0 saturated carbocycles. The molecule has 1 aromatic heterocycles. The van der Waals surface area contributed by atoms with Crippen LogP contribution in [0.5, 0.6) is 5.88 Å². The fraction of sp³-hybridized carbons (Fsp3) is 0.200. The minimum atomic E-state index is 0.0794. The van der Waals surface area contributed by atoms with Crippen LogP contribution < -0.4 is 10.5 Å². The first kappa shape index (κ1) is 8.36. The topological polar surface area (TPSA) is 61.0 Å². The smallest absolute Gasteiger partial charge is 0.253 e. The van der Waals surface area contributed by atoms with Crippen LogP contribution in [0.2, 0.25) is 10.3 Å². The van der Waals surface area contributed by atoms with Crippen LogP contribution in [-0.4, -0.2) is 17.1 Å². The number of hydrogen-bond donors (Lipinski definition) is 1. The number of aromatic nitrogens is 2. The third-order valence-electron chi connectivity index (χ3n) is 1.000. The molecule has 0 saturated heterocycles. The minimum absolute atomic E-state index is 0.0794. The first-order chi connectivity index (χ1) is 5.15. The SMILES string of the molecule is COc1nc(N)c(Cl)nc1Cl. The summed E-state index contributed by atoms with van der Waals surface area (Å²) < 4.78 is 4.74. The molecule has 0 aliphatic rings. The third kappa shape index (κ3) is 1.64. The fourth-order valence-electron chi connectivity index (χ4n) is 0.523. The van der Waals surface area contributed by atoms with Gasteiger partial charge in [-0.05, 0) is 0 Å². The average molecular weight is 194 g/mol. The third-order valence-corrected chi connectivity index (χ3v) is 1.52. The molecule has 0 unspecified atom stereocenters. The van der Waals surface area contributed by atoms with Crippen LogP contribution in [0.15, 0.2) is 0 Å². The highest BCUT2D eigenvalue weighted by molar-refractivity contribution is 6.34. The first-order valence-corrected chi connectivity index (χ1v) is 3.43. The molecule has 6 heteroatoms. The zero-order valence-corrected chi connectivity index (χ0v) is 7.15. The molecule has 1 rings (SSSR count). The molecule has 0 bridgehead atoms. The van der Waals surface area contributed by atoms with Gasteiger partial charge < -0.3 is 10.5 Å². The van der Waals surface area contributed by atoms with Crippen molar-refractivity contribution in [3.63, 3.8) is 0 Å². The second-order valence-electron chi connectivity index (χ2n) is 1.70. The molecule has 4 nitrogen and oxygen atoms in total. The highest BCUT2D eigenvalue weighted by Crippen LogP contribution is 2.24. The van der Waals surface area contributed by atoms with Gasteiger partial charge in [0.25, 0.3) is 5.88 Å². The van der Waals surface area contributed by atoms with E-state index < -0.39 is 0 Å². The summed E-state index contributed by atoms with van der Waals surface area (Å²) in [6.07, 6.45) is 0. The second kappa shape index (κ2) is 3.11. The number of nitrogen functional groups attached to an aromatic ring is 1. The molecule has 11 heavy (non-hydrogen) atoms. The Bertz CT molecular complexity index is 279. The maximum absolute atomic E-state index is 5.56. The normalized spacial score (nSPS) is 9.73. The molecule has 1 heterocycles. The van der Waals surface area contributed by atoms with Gasteiger partial charge in [-0.25, -0.2) is 4.98 Å². The van der Waals surface area contributed by atoms with Crippen molar-refractivity contribution in [3.8, 4) is 5.88 Å². The highest BCUT2D eigenvalue weighted by atomic mass is 35.5. The maximum Gasteiger partial charge on any atom is 0.253 e. The van der Waals surface area contributed by atoms with E-state index in [1.54, 1.807) is 0 Å². The van der Waals surface area contributed by atoms with Gasteiger partial charge in [0.15, 0.2) is 16.1 Å². The van der Waals surface area contributed by atoms with E-state index in [-0.39, 0.29) is 22.0 Å². The van der Waals surface area contributed by atoms with Crippen molar-refractivity contribution in [1.29, 1.82) is 0 Å². The van der Waals surface area contributed by atoms with Crippen LogP contribution in [0.3, 0.4) is 0 Å². The van der Waals surface area contributed by atoms with Gasteiger partial charge in [-0.2, -0.15) is 4.98 Å². The van der Waals surface area contributed by atoms with Crippen molar-refractivity contribution < 1.29 is 4.74 Å². The number of nitrogens with two attached hydrogens (primary N) is 1. The quantitative estimate of drug-likeness (QED) is 0.733. The Morgan fingerprint density at radius 1 is 1.27 bits per heavy atom. The number of anilines is 1. The Labute approximate surface area is 73.3 Å². The van der Waals surface area contributed by atoms with Crippen molar-refractivity contribution >= 4 is 29.0 Å². The predicted molar refractivity (Wildman–Crippen MR) is 43.0 cm³/mol. The molecule has 60 valence electrons. The summed E-state index contributed by atoms with van der Waals surface area (Å²) in [5, 5.41) is 0.183. The van der Waals surface area contributed by atoms with Crippen LogP contribution >= 0.6 is 23.2 Å². The van der Waals surface area contributed by atoms with Gasteiger partial charge in [0.05, 0.1) is 7.11 Å². The second-order valence-corrected chi connectivity index (χ2v) is 2.42. The lowest BCUT2D eigenvalue weighted by Crippen LogP contribution is -1.98. The molecule has 0 radical (unpaired) electrons. The molecule has 0 spiro atoms. The van der Waals surface area contributed by atoms with E-state index in [0.29, 0.717) is 0 Å². The lowest BCUT2D eigenvalue weighted by molar-refractivity contribution is 0.397. The summed E-state index contributed by atoms with van der Waals surface area (Å²) in [5.41, 5.74) is 5.32. The Morgan fingerprint density at radius 2 is 1.91 bits per heavy atom. The maximum atomic E-state index is 5.56. The minimum Gasteiger partial charge on any atom is -0.479 e. The number of halogens is 2. The molecule has 1 aromatic rings. The summed E-state index contributed by atoms with van der Waals surface area (Å²) in [7, 11) is 1.42. The van der Waals surface area contributed by atoms with E-state index in [0.717, 1.165) is 0 Å². The Hall–Kier alpha value is -0.740. The highest BCUT2D eigenvalue weighted by Gasteiger charge is 2.07. The van der Waals surface area contributed by atoms with E-state index >= 15 is 0 Å². The van der Waals surface area contributed by atoms with E-state index in [1.165, 1.54) is 7.11 Å². The molecular weight excluding hydrogens is 189 g/mol. The lowest BCUT2D eigenvalue weighted by atomic mass is 10.6. The van der Waals surface area contributed by atoms with Crippen molar-refractivity contribution in [3.05, 3.63) is 10.3 Å². The van der Waals surface area contributed by atoms with Crippen molar-refractivity contribution in [1.82, 2.24) is 9.97 Å². The molecule has 0 atom stereocenters. The Morgan fingerprint density at radius 3 is 2.45 bits per heavy atom.